The van der Waals surface area contributed by atoms with Gasteiger partial charge in [0.05, 0.1) is 19.0 Å². The van der Waals surface area contributed by atoms with Gasteiger partial charge in [-0.15, -0.1) is 12.4 Å². The van der Waals surface area contributed by atoms with Gasteiger partial charge in [-0.3, -0.25) is 0 Å². The predicted octanol–water partition coefficient (Wildman–Crippen LogP) is 3.13. The van der Waals surface area contributed by atoms with Gasteiger partial charge in [0.15, 0.2) is 11.5 Å². The Labute approximate surface area is 164 Å². The number of carbonyl (C=O) groups excluding carboxylic acids is 1. The van der Waals surface area contributed by atoms with Crippen LogP contribution in [-0.2, 0) is 0 Å². The molecule has 0 saturated carbocycles. The third kappa shape index (κ3) is 4.09. The fourth-order valence-electron chi connectivity index (χ4n) is 3.63. The van der Waals surface area contributed by atoms with Crippen LogP contribution in [-0.4, -0.2) is 48.7 Å². The summed E-state index contributed by atoms with van der Waals surface area (Å²) >= 11 is 0. The number of aromatic nitrogens is 1. The molecule has 0 bridgehead atoms. The zero-order valence-electron chi connectivity index (χ0n) is 15.1. The van der Waals surface area contributed by atoms with Gasteiger partial charge in [-0.2, -0.15) is 0 Å². The van der Waals surface area contributed by atoms with Gasteiger partial charge in [0.25, 0.3) is 0 Å². The van der Waals surface area contributed by atoms with Crippen LogP contribution in [0.4, 0.5) is 10.5 Å². The Bertz CT molecular complexity index is 787. The molecule has 4 rings (SSSR count). The van der Waals surface area contributed by atoms with Crippen molar-refractivity contribution in [2.75, 3.05) is 32.1 Å². The van der Waals surface area contributed by atoms with E-state index in [-0.39, 0.29) is 18.4 Å². The van der Waals surface area contributed by atoms with E-state index >= 15 is 0 Å². The van der Waals surface area contributed by atoms with Crippen LogP contribution in [0, 0.1) is 5.92 Å². The quantitative estimate of drug-likeness (QED) is 0.838. The molecule has 1 aromatic heterocycles. The lowest BCUT2D eigenvalue weighted by Crippen LogP contribution is -2.41. The van der Waals surface area contributed by atoms with Gasteiger partial charge >= 0.3 is 6.03 Å². The number of hydrogen-bond acceptors (Lipinski definition) is 5. The number of carbonyl (C=O) groups is 1. The summed E-state index contributed by atoms with van der Waals surface area (Å²) in [7, 11) is 1.59. The Morgan fingerprint density at radius 3 is 2.78 bits per heavy atom. The standard InChI is InChI=1S/C19H22N4O3.ClH/c1-25-16-4-2-3-5-17(16)26-18-7-6-14(11-21-18)22-19(24)23-9-8-13-10-20-12-15(13)23;/h2-7,11,13,15,20H,8-10,12H2,1H3,(H,22,24);1H/t13-,15+;/m0./s1. The summed E-state index contributed by atoms with van der Waals surface area (Å²) in [5.41, 5.74) is 0.650. The van der Waals surface area contributed by atoms with Crippen molar-refractivity contribution in [1.82, 2.24) is 15.2 Å². The first-order valence-electron chi connectivity index (χ1n) is 8.80. The Hall–Kier alpha value is -2.51. The summed E-state index contributed by atoms with van der Waals surface area (Å²) < 4.78 is 11.0. The third-order valence-corrected chi connectivity index (χ3v) is 4.98. The number of benzene rings is 1. The fourth-order valence-corrected chi connectivity index (χ4v) is 3.63. The molecule has 0 aliphatic carbocycles. The number of halogens is 1. The molecule has 2 N–H and O–H groups in total. The summed E-state index contributed by atoms with van der Waals surface area (Å²) in [6, 6.07) is 11.1. The van der Waals surface area contributed by atoms with Gasteiger partial charge in [0.1, 0.15) is 0 Å². The van der Waals surface area contributed by atoms with Crippen molar-refractivity contribution in [3.05, 3.63) is 42.6 Å². The van der Waals surface area contributed by atoms with E-state index in [2.05, 4.69) is 15.6 Å². The van der Waals surface area contributed by atoms with E-state index in [1.807, 2.05) is 29.2 Å². The van der Waals surface area contributed by atoms with Crippen molar-refractivity contribution in [1.29, 1.82) is 0 Å². The Morgan fingerprint density at radius 2 is 2.04 bits per heavy atom. The molecule has 8 heteroatoms. The van der Waals surface area contributed by atoms with Crippen molar-refractivity contribution in [3.63, 3.8) is 0 Å². The third-order valence-electron chi connectivity index (χ3n) is 4.98. The predicted molar refractivity (Wildman–Crippen MR) is 105 cm³/mol. The van der Waals surface area contributed by atoms with E-state index in [1.54, 1.807) is 25.4 Å². The first-order chi connectivity index (χ1) is 12.7. The van der Waals surface area contributed by atoms with E-state index < -0.39 is 0 Å². The number of anilines is 1. The lowest BCUT2D eigenvalue weighted by atomic mass is 10.1. The molecule has 7 nitrogen and oxygen atoms in total. The molecule has 3 heterocycles. The summed E-state index contributed by atoms with van der Waals surface area (Å²) in [5, 5.41) is 6.28. The zero-order valence-corrected chi connectivity index (χ0v) is 15.9. The second-order valence-electron chi connectivity index (χ2n) is 6.54. The van der Waals surface area contributed by atoms with Gasteiger partial charge < -0.3 is 25.0 Å². The molecule has 2 fully saturated rings. The number of pyridine rings is 1. The summed E-state index contributed by atoms with van der Waals surface area (Å²) in [5.74, 6) is 2.25. The largest absolute Gasteiger partial charge is 0.493 e. The maximum atomic E-state index is 12.5. The molecule has 0 spiro atoms. The molecule has 27 heavy (non-hydrogen) atoms. The number of amides is 2. The summed E-state index contributed by atoms with van der Waals surface area (Å²) in [6.07, 6.45) is 2.66. The first-order valence-corrected chi connectivity index (χ1v) is 8.80. The number of para-hydroxylation sites is 2. The van der Waals surface area contributed by atoms with Crippen molar-refractivity contribution in [2.45, 2.75) is 12.5 Å². The van der Waals surface area contributed by atoms with E-state index in [0.29, 0.717) is 35.0 Å². The SMILES string of the molecule is COc1ccccc1Oc1ccc(NC(=O)N2CC[C@H]3CNC[C@H]32)cn1.Cl. The second-order valence-corrected chi connectivity index (χ2v) is 6.54. The number of nitrogens with one attached hydrogen (secondary N) is 2. The van der Waals surface area contributed by atoms with Crippen molar-refractivity contribution >= 4 is 24.1 Å². The maximum absolute atomic E-state index is 12.5. The monoisotopic (exact) mass is 390 g/mol. The topological polar surface area (TPSA) is 75.7 Å². The van der Waals surface area contributed by atoms with Crippen LogP contribution >= 0.6 is 12.4 Å². The van der Waals surface area contributed by atoms with Crippen LogP contribution in [0.15, 0.2) is 42.6 Å². The number of ether oxygens (including phenoxy) is 2. The van der Waals surface area contributed by atoms with E-state index in [1.165, 1.54) is 0 Å². The highest BCUT2D eigenvalue weighted by Gasteiger charge is 2.39. The lowest BCUT2D eigenvalue weighted by Gasteiger charge is -2.23. The van der Waals surface area contributed by atoms with E-state index in [0.717, 1.165) is 26.1 Å². The number of rotatable bonds is 4. The lowest BCUT2D eigenvalue weighted by molar-refractivity contribution is 0.206. The summed E-state index contributed by atoms with van der Waals surface area (Å²) in [4.78, 5) is 18.7. The first kappa shape index (κ1) is 19.3. The minimum Gasteiger partial charge on any atom is -0.493 e. The minimum absolute atomic E-state index is 0. The second kappa shape index (κ2) is 8.45. The highest BCUT2D eigenvalue weighted by atomic mass is 35.5. The minimum atomic E-state index is -0.0682. The molecule has 0 unspecified atom stereocenters. The smallest absolute Gasteiger partial charge is 0.322 e. The maximum Gasteiger partial charge on any atom is 0.322 e. The average molecular weight is 391 g/mol. The molecule has 2 amide bonds. The van der Waals surface area contributed by atoms with Gasteiger partial charge in [0, 0.05) is 31.7 Å². The molecule has 144 valence electrons. The van der Waals surface area contributed by atoms with Crippen molar-refractivity contribution in [2.24, 2.45) is 5.92 Å². The molecular formula is C19H23ClN4O3. The highest BCUT2D eigenvalue weighted by Crippen LogP contribution is 2.30. The zero-order chi connectivity index (χ0) is 17.9. The van der Waals surface area contributed by atoms with Crippen LogP contribution in [0.3, 0.4) is 0 Å². The van der Waals surface area contributed by atoms with E-state index in [9.17, 15) is 4.79 Å². The van der Waals surface area contributed by atoms with Gasteiger partial charge in [-0.25, -0.2) is 9.78 Å². The normalized spacial score (nSPS) is 20.6. The molecule has 1 aromatic carbocycles. The van der Waals surface area contributed by atoms with Gasteiger partial charge in [-0.05, 0) is 30.5 Å². The Kier molecular flexibility index (Phi) is 6.03. The fraction of sp³-hybridized carbons (Fsp3) is 0.368. The number of likely N-dealkylation sites (tertiary alicyclic amines) is 1. The molecule has 2 saturated heterocycles. The molecule has 2 aliphatic heterocycles. The van der Waals surface area contributed by atoms with Crippen LogP contribution in [0.1, 0.15) is 6.42 Å². The Morgan fingerprint density at radius 1 is 1.22 bits per heavy atom. The van der Waals surface area contributed by atoms with Gasteiger partial charge in [-0.1, -0.05) is 12.1 Å². The molecule has 2 atom stereocenters. The molecule has 2 aliphatic rings. The number of methoxy groups -OCH3 is 1. The molecule has 2 aromatic rings. The van der Waals surface area contributed by atoms with Crippen LogP contribution in [0.2, 0.25) is 0 Å². The van der Waals surface area contributed by atoms with Crippen LogP contribution in [0.25, 0.3) is 0 Å². The molecular weight excluding hydrogens is 368 g/mol. The van der Waals surface area contributed by atoms with Crippen LogP contribution in [0.5, 0.6) is 17.4 Å². The van der Waals surface area contributed by atoms with Crippen LogP contribution < -0.4 is 20.1 Å². The number of nitrogens with zero attached hydrogens (tertiary/aromatic N) is 2. The Balaban J connectivity index is 0.00000210. The number of fused-ring (bicyclic) bond motifs is 1. The summed E-state index contributed by atoms with van der Waals surface area (Å²) in [6.45, 7) is 2.69. The average Bonchev–Trinajstić information content (AvgIpc) is 3.27. The molecule has 0 radical (unpaired) electrons. The number of hydrogen-bond donors (Lipinski definition) is 2. The van der Waals surface area contributed by atoms with E-state index in [4.69, 9.17) is 9.47 Å². The number of urea groups is 1. The van der Waals surface area contributed by atoms with Crippen molar-refractivity contribution < 1.29 is 14.3 Å². The van der Waals surface area contributed by atoms with Crippen molar-refractivity contribution in [3.8, 4) is 17.4 Å². The highest BCUT2D eigenvalue weighted by molar-refractivity contribution is 5.89. The van der Waals surface area contributed by atoms with Gasteiger partial charge in [0.2, 0.25) is 5.88 Å².